The van der Waals surface area contributed by atoms with Gasteiger partial charge < -0.3 is 33.2 Å². The Bertz CT molecular complexity index is 4580. The minimum absolute atomic E-state index is 0.0181. The van der Waals surface area contributed by atoms with Crippen molar-refractivity contribution in [2.24, 2.45) is 87.3 Å². The predicted molar refractivity (Wildman–Crippen MR) is 422 cm³/mol. The third kappa shape index (κ3) is 11.2. The molecule has 4 saturated carbocycles. The summed E-state index contributed by atoms with van der Waals surface area (Å²) in [7, 11) is 0. The highest BCUT2D eigenvalue weighted by Gasteiger charge is 2.82. The van der Waals surface area contributed by atoms with Crippen molar-refractivity contribution >= 4 is 53.4 Å². The van der Waals surface area contributed by atoms with Gasteiger partial charge in [-0.3, -0.25) is 14.4 Å². The molecule has 22 rings (SSSR count). The Morgan fingerprint density at radius 2 is 0.965 bits per heavy atom. The molecule has 16 heteroatoms. The summed E-state index contributed by atoms with van der Waals surface area (Å²) < 4.78 is 41.0. The Kier molecular flexibility index (Phi) is 20.4. The van der Waals surface area contributed by atoms with Gasteiger partial charge in [-0.2, -0.15) is 0 Å². The summed E-state index contributed by atoms with van der Waals surface area (Å²) in [6, 6.07) is 7.84. The molecule has 1 aromatic carbocycles. The number of Topliss-reactive ketones (excluding diaryl/α,β-unsaturated/α-hetero) is 2. The molecule has 7 heterocycles. The lowest BCUT2D eigenvalue weighted by Gasteiger charge is -2.61. The van der Waals surface area contributed by atoms with Crippen molar-refractivity contribution in [1.82, 2.24) is 0 Å². The molecule has 0 N–H and O–H groups in total. The van der Waals surface area contributed by atoms with Gasteiger partial charge in [-0.25, -0.2) is 28.8 Å². The van der Waals surface area contributed by atoms with Crippen LogP contribution in [0.1, 0.15) is 270 Å². The van der Waals surface area contributed by atoms with Crippen LogP contribution in [0.4, 0.5) is 0 Å². The third-order valence-corrected chi connectivity index (χ3v) is 30.1. The normalized spacial score (nSPS) is 37.9. The number of unbranched alkanes of at least 4 members (excludes halogenated alkanes) is 6. The van der Waals surface area contributed by atoms with Crippen LogP contribution in [-0.4, -0.2) is 59.0 Å². The number of cyclic esters (lactones) is 5. The van der Waals surface area contributed by atoms with Crippen molar-refractivity contribution in [2.45, 2.75) is 266 Å². The van der Waals surface area contributed by atoms with Gasteiger partial charge in [-0.15, -0.1) is 0 Å². The minimum Gasteiger partial charge on any atom is -0.450 e. The fraction of sp³-hybridized carbons (Fsp3) is 0.577. The molecule has 0 aromatic heterocycles. The number of carbonyl (C=O) groups excluding carboxylic acids is 9. The maximum absolute atomic E-state index is 13.4. The molecule has 3 saturated heterocycles. The number of ketones is 2. The molecular formula is C97H112O16. The second kappa shape index (κ2) is 29.9. The zero-order chi connectivity index (χ0) is 78.8. The van der Waals surface area contributed by atoms with Crippen molar-refractivity contribution in [3.63, 3.8) is 0 Å². The fourth-order valence-electron chi connectivity index (χ4n) is 25.9. The van der Waals surface area contributed by atoms with Crippen LogP contribution in [-0.2, 0) is 77.1 Å². The van der Waals surface area contributed by atoms with E-state index in [0.29, 0.717) is 71.7 Å². The summed E-state index contributed by atoms with van der Waals surface area (Å²) in [5.41, 5.74) is 8.81. The molecule has 14 aliphatic carbocycles. The third-order valence-electron chi connectivity index (χ3n) is 30.1. The molecule has 16 nitrogen and oxygen atoms in total. The SMILES string of the molecule is CCC/C=C1\CC(=O)C2=C1CC[C@@H]1C2C2(OC(=O)c3ccccc32)[C@@H]1CCC.CCC/C=C1\OC(=O)C2=C1CCC1[C@H]2C23C=CCC[C@@H]2C1(C(=O)CCC)OC3=O.CCC/C=C1\OC(=O)C2=C1CC[C@@H]1C2[C@@]23CC[C@@H]1C=C2C(=O)O/C3=C\CCC.CCC/C=C1\OC(=O)C2=CC3CC[C@]21C1C2=C(CC[C@@H]31)/C(=C\CCC)OC2=O. The molecule has 0 radical (unpaired) electrons. The van der Waals surface area contributed by atoms with Crippen molar-refractivity contribution in [2.75, 3.05) is 0 Å². The second-order valence-corrected chi connectivity index (χ2v) is 35.5. The number of rotatable bonds is 17. The van der Waals surface area contributed by atoms with E-state index >= 15 is 0 Å². The molecule has 6 bridgehead atoms. The smallest absolute Gasteiger partial charge is 0.340 e. The van der Waals surface area contributed by atoms with Gasteiger partial charge in [0.05, 0.1) is 16.4 Å². The molecular weight excluding hydrogens is 1420 g/mol. The van der Waals surface area contributed by atoms with Crippen LogP contribution in [0, 0.1) is 87.3 Å². The standard InChI is InChI=1S/C25H28O3.C24H28O5.2C24H28O4/c1-3-5-9-15-14-21(26)22-16(15)12-13-17-19(8-4-2)25(23(17)22)20-11-7-6-10-18(20)24(27)28-25;1-3-5-9-16-14-11-12-15-20(19(14)21(26)28-16)23-13-7-6-10-17(23)24(15,29-22(23)27)18(25)8-4-2;2*1-3-5-7-18-16-10-9-15-14-11-12-24(21(15)20(16)23(26)27-18)17(13-14)22(25)28-19(24)8-6-4-2/h6-7,9-11,17,19,23H,3-5,8,12-14H2,1-2H3;7,9,13,15,17,20H,3-6,8,10-12H2,1-2H3;2*7-8,13-15,21H,3-6,9-12H2,1-2H3/b15-9+;16-9-;18-7+,19-8-;18-7-,19-8-/t17-,19+,23?,25?;15?,17-,20+,23?,24?;14?,15-,21?,24-;14-,15+,21?,24+/m0001/s1. The molecule has 8 unspecified atom stereocenters. The number of fused-ring (bicyclic) bond motifs is 10. The molecule has 596 valence electrons. The van der Waals surface area contributed by atoms with E-state index in [1.54, 1.807) is 0 Å². The number of ether oxygens (including phenoxy) is 7. The van der Waals surface area contributed by atoms with Crippen LogP contribution < -0.4 is 0 Å². The summed E-state index contributed by atoms with van der Waals surface area (Å²) in [4.78, 5) is 117. The van der Waals surface area contributed by atoms with Crippen molar-refractivity contribution < 1.29 is 76.3 Å². The van der Waals surface area contributed by atoms with Crippen molar-refractivity contribution in [3.8, 4) is 0 Å². The van der Waals surface area contributed by atoms with Gasteiger partial charge >= 0.3 is 41.8 Å². The number of esters is 7. The average Bonchev–Trinajstić information content (AvgIpc) is 1.47. The molecule has 7 aliphatic heterocycles. The average molecular weight is 1530 g/mol. The molecule has 7 fully saturated rings. The van der Waals surface area contributed by atoms with Crippen LogP contribution in [0.25, 0.3) is 0 Å². The molecule has 0 amide bonds. The van der Waals surface area contributed by atoms with Gasteiger partial charge in [-0.05, 0) is 218 Å². The molecule has 3 spiro atoms. The van der Waals surface area contributed by atoms with E-state index in [1.165, 1.54) is 11.1 Å². The summed E-state index contributed by atoms with van der Waals surface area (Å²) >= 11 is 0. The first-order chi connectivity index (χ1) is 54.9. The maximum Gasteiger partial charge on any atom is 0.340 e. The van der Waals surface area contributed by atoms with E-state index < -0.39 is 27.4 Å². The maximum atomic E-state index is 13.4. The lowest BCUT2D eigenvalue weighted by atomic mass is 9.45. The van der Waals surface area contributed by atoms with Crippen LogP contribution >= 0.6 is 0 Å². The van der Waals surface area contributed by atoms with Gasteiger partial charge in [-0.1, -0.05) is 149 Å². The Labute approximate surface area is 665 Å². The van der Waals surface area contributed by atoms with Crippen LogP contribution in [0.3, 0.4) is 0 Å². The van der Waals surface area contributed by atoms with E-state index in [0.717, 1.165) is 253 Å². The largest absolute Gasteiger partial charge is 0.450 e. The van der Waals surface area contributed by atoms with E-state index in [1.807, 2.05) is 43.4 Å². The van der Waals surface area contributed by atoms with E-state index in [4.69, 9.17) is 33.2 Å². The second-order valence-electron chi connectivity index (χ2n) is 35.5. The lowest BCUT2D eigenvalue weighted by molar-refractivity contribution is -0.193. The number of allylic oxidation sites excluding steroid dienone is 16. The van der Waals surface area contributed by atoms with E-state index in [2.05, 4.69) is 97.1 Å². The molecule has 17 atom stereocenters. The number of hydrogen-bond acceptors (Lipinski definition) is 16. The quantitative estimate of drug-likeness (QED) is 0.0804. The van der Waals surface area contributed by atoms with E-state index in [-0.39, 0.29) is 88.9 Å². The summed E-state index contributed by atoms with van der Waals surface area (Å²) in [6.07, 6.45) is 49.3. The summed E-state index contributed by atoms with van der Waals surface area (Å²) in [5.74, 6) is 4.21. The molecule has 113 heavy (non-hydrogen) atoms. The van der Waals surface area contributed by atoms with Gasteiger partial charge in [0.15, 0.2) is 17.2 Å². The van der Waals surface area contributed by atoms with Crippen LogP contribution in [0.15, 0.2) is 175 Å². The topological polar surface area (TPSA) is 218 Å². The summed E-state index contributed by atoms with van der Waals surface area (Å²) in [5, 5.41) is 0. The Morgan fingerprint density at radius 3 is 1.50 bits per heavy atom. The van der Waals surface area contributed by atoms with Crippen molar-refractivity contribution in [1.29, 1.82) is 0 Å². The van der Waals surface area contributed by atoms with Gasteiger partial charge in [0.25, 0.3) is 0 Å². The Hall–Kier alpha value is -8.53. The highest BCUT2D eigenvalue weighted by atomic mass is 16.6. The molecule has 21 aliphatic rings. The fourth-order valence-corrected chi connectivity index (χ4v) is 25.9. The number of hydrogen-bond donors (Lipinski definition) is 0. The number of carbonyl (C=O) groups is 9. The van der Waals surface area contributed by atoms with Crippen molar-refractivity contribution in [3.05, 3.63) is 186 Å². The first-order valence-corrected chi connectivity index (χ1v) is 43.9. The van der Waals surface area contributed by atoms with Gasteiger partial charge in [0.1, 0.15) is 39.8 Å². The van der Waals surface area contributed by atoms with Gasteiger partial charge in [0.2, 0.25) is 0 Å². The highest BCUT2D eigenvalue weighted by Crippen LogP contribution is 2.75. The zero-order valence-corrected chi connectivity index (χ0v) is 67.5. The summed E-state index contributed by atoms with van der Waals surface area (Å²) in [6.45, 7) is 16.9. The van der Waals surface area contributed by atoms with Gasteiger partial charge in [0, 0.05) is 110 Å². The zero-order valence-electron chi connectivity index (χ0n) is 67.5. The van der Waals surface area contributed by atoms with Crippen LogP contribution in [0.5, 0.6) is 0 Å². The van der Waals surface area contributed by atoms with Crippen LogP contribution in [0.2, 0.25) is 0 Å². The Balaban J connectivity index is 0.000000109. The highest BCUT2D eigenvalue weighted by molar-refractivity contribution is 6.06. The van der Waals surface area contributed by atoms with E-state index in [9.17, 15) is 43.2 Å². The Morgan fingerprint density at radius 1 is 0.469 bits per heavy atom. The predicted octanol–water partition coefficient (Wildman–Crippen LogP) is 19.9. The lowest BCUT2D eigenvalue weighted by Crippen LogP contribution is -2.62. The minimum atomic E-state index is -1.07. The first kappa shape index (κ1) is 77.1. The number of benzene rings is 1. The first-order valence-electron chi connectivity index (χ1n) is 43.9. The monoisotopic (exact) mass is 1530 g/mol. The molecule has 1 aromatic rings.